The van der Waals surface area contributed by atoms with Crippen molar-refractivity contribution in [2.75, 3.05) is 7.11 Å². The average molecular weight is 135 g/mol. The Kier molecular flexibility index (Phi) is 1.95. The molecule has 0 heterocycles. The minimum atomic E-state index is 0.971. The molecule has 0 bridgehead atoms. The zero-order valence-electron chi connectivity index (χ0n) is 6.56. The minimum absolute atomic E-state index is 0.971. The first-order valence-electron chi connectivity index (χ1n) is 3.27. The number of aryl methyl sites for hydroxylation is 2. The largest absolute Gasteiger partial charge is 0.496 e. The van der Waals surface area contributed by atoms with Crippen LogP contribution in [-0.2, 0) is 0 Å². The van der Waals surface area contributed by atoms with Gasteiger partial charge in [-0.3, -0.25) is 0 Å². The smallest absolute Gasteiger partial charge is 0.124 e. The van der Waals surface area contributed by atoms with Crippen LogP contribution in [-0.4, -0.2) is 7.11 Å². The topological polar surface area (TPSA) is 9.23 Å². The summed E-state index contributed by atoms with van der Waals surface area (Å²) in [5.74, 6) is 0.971. The summed E-state index contributed by atoms with van der Waals surface area (Å²) in [5.41, 5.74) is 2.28. The maximum Gasteiger partial charge on any atom is 0.124 e. The van der Waals surface area contributed by atoms with Crippen LogP contribution < -0.4 is 4.74 Å². The molecule has 53 valence electrons. The molecule has 0 fully saturated rings. The number of hydrogen-bond donors (Lipinski definition) is 0. The Morgan fingerprint density at radius 1 is 1.20 bits per heavy atom. The molecule has 1 radical (unpaired) electrons. The fourth-order valence-electron chi connectivity index (χ4n) is 1.06. The summed E-state index contributed by atoms with van der Waals surface area (Å²) in [6.07, 6.45) is 0. The van der Waals surface area contributed by atoms with E-state index in [0.29, 0.717) is 0 Å². The van der Waals surface area contributed by atoms with Crippen LogP contribution in [0.4, 0.5) is 0 Å². The summed E-state index contributed by atoms with van der Waals surface area (Å²) < 4.78 is 5.16. The van der Waals surface area contributed by atoms with E-state index < -0.39 is 0 Å². The Bertz CT molecular complexity index is 208. The highest BCUT2D eigenvalue weighted by Gasteiger charge is 1.98. The number of methoxy groups -OCH3 is 1. The first kappa shape index (κ1) is 7.13. The Hall–Kier alpha value is -0.980. The number of ether oxygens (including phenoxy) is 1. The molecule has 1 aromatic rings. The van der Waals surface area contributed by atoms with E-state index in [9.17, 15) is 0 Å². The van der Waals surface area contributed by atoms with Crippen molar-refractivity contribution in [3.05, 3.63) is 29.3 Å². The van der Waals surface area contributed by atoms with Gasteiger partial charge in [-0.2, -0.15) is 0 Å². The zero-order chi connectivity index (χ0) is 7.56. The third-order valence-corrected chi connectivity index (χ3v) is 1.52. The van der Waals surface area contributed by atoms with Crippen molar-refractivity contribution in [3.63, 3.8) is 0 Å². The number of rotatable bonds is 1. The molecule has 0 atom stereocenters. The molecule has 1 aromatic carbocycles. The van der Waals surface area contributed by atoms with E-state index in [1.54, 1.807) is 7.11 Å². The molecule has 0 N–H and O–H groups in total. The van der Waals surface area contributed by atoms with Crippen molar-refractivity contribution in [2.24, 2.45) is 0 Å². The van der Waals surface area contributed by atoms with Crippen LogP contribution >= 0.6 is 0 Å². The van der Waals surface area contributed by atoms with Gasteiger partial charge in [0.2, 0.25) is 0 Å². The highest BCUT2D eigenvalue weighted by atomic mass is 16.5. The van der Waals surface area contributed by atoms with Crippen molar-refractivity contribution < 1.29 is 4.74 Å². The van der Waals surface area contributed by atoms with Crippen LogP contribution in [0.15, 0.2) is 12.1 Å². The molecular weight excluding hydrogens is 124 g/mol. The van der Waals surface area contributed by atoms with Gasteiger partial charge in [-0.1, -0.05) is 0 Å². The van der Waals surface area contributed by atoms with E-state index in [0.717, 1.165) is 16.9 Å². The van der Waals surface area contributed by atoms with E-state index in [-0.39, 0.29) is 0 Å². The van der Waals surface area contributed by atoms with E-state index in [1.165, 1.54) is 0 Å². The SMILES string of the molecule is COc1c(C)c[c]cc1C. The molecule has 0 aliphatic heterocycles. The van der Waals surface area contributed by atoms with Gasteiger partial charge in [0.1, 0.15) is 5.75 Å². The van der Waals surface area contributed by atoms with Crippen LogP contribution in [0.3, 0.4) is 0 Å². The lowest BCUT2D eigenvalue weighted by molar-refractivity contribution is 0.408. The lowest BCUT2D eigenvalue weighted by Crippen LogP contribution is -1.89. The van der Waals surface area contributed by atoms with Gasteiger partial charge in [0.15, 0.2) is 0 Å². The maximum atomic E-state index is 5.16. The second-order valence-electron chi connectivity index (χ2n) is 2.35. The number of benzene rings is 1. The van der Waals surface area contributed by atoms with E-state index in [4.69, 9.17) is 4.74 Å². The molecule has 0 unspecified atom stereocenters. The average Bonchev–Trinajstić information content (AvgIpc) is 1.88. The first-order chi connectivity index (χ1) is 4.75. The lowest BCUT2D eigenvalue weighted by Gasteiger charge is -2.05. The van der Waals surface area contributed by atoms with E-state index in [2.05, 4.69) is 6.07 Å². The Labute approximate surface area is 61.6 Å². The predicted octanol–water partition coefficient (Wildman–Crippen LogP) is 2.11. The van der Waals surface area contributed by atoms with Gasteiger partial charge < -0.3 is 4.74 Å². The molecular formula is C9H11O. The molecule has 0 aliphatic rings. The quantitative estimate of drug-likeness (QED) is 0.573. The van der Waals surface area contributed by atoms with Crippen LogP contribution in [0, 0.1) is 19.9 Å². The molecule has 1 rings (SSSR count). The van der Waals surface area contributed by atoms with Gasteiger partial charge in [0, 0.05) is 0 Å². The minimum Gasteiger partial charge on any atom is -0.496 e. The Morgan fingerprint density at radius 2 is 1.70 bits per heavy atom. The van der Waals surface area contributed by atoms with Crippen LogP contribution in [0.1, 0.15) is 11.1 Å². The molecule has 1 nitrogen and oxygen atoms in total. The summed E-state index contributed by atoms with van der Waals surface area (Å²) in [7, 11) is 1.69. The Balaban J connectivity index is 3.17. The fourth-order valence-corrected chi connectivity index (χ4v) is 1.06. The van der Waals surface area contributed by atoms with Crippen LogP contribution in [0.5, 0.6) is 5.75 Å². The zero-order valence-corrected chi connectivity index (χ0v) is 6.56. The first-order valence-corrected chi connectivity index (χ1v) is 3.27. The Morgan fingerprint density at radius 3 is 2.00 bits per heavy atom. The second-order valence-corrected chi connectivity index (χ2v) is 2.35. The third-order valence-electron chi connectivity index (χ3n) is 1.52. The van der Waals surface area contributed by atoms with Crippen molar-refractivity contribution in [3.8, 4) is 5.75 Å². The van der Waals surface area contributed by atoms with Crippen LogP contribution in [0.25, 0.3) is 0 Å². The summed E-state index contributed by atoms with van der Waals surface area (Å²) >= 11 is 0. The van der Waals surface area contributed by atoms with Gasteiger partial charge in [-0.05, 0) is 43.2 Å². The van der Waals surface area contributed by atoms with Crippen molar-refractivity contribution in [1.82, 2.24) is 0 Å². The van der Waals surface area contributed by atoms with Crippen molar-refractivity contribution >= 4 is 0 Å². The molecule has 0 saturated heterocycles. The van der Waals surface area contributed by atoms with Crippen molar-refractivity contribution in [1.29, 1.82) is 0 Å². The predicted molar refractivity (Wildman–Crippen MR) is 41.3 cm³/mol. The molecule has 0 saturated carbocycles. The highest BCUT2D eigenvalue weighted by Crippen LogP contribution is 2.20. The van der Waals surface area contributed by atoms with Crippen LogP contribution in [0.2, 0.25) is 0 Å². The van der Waals surface area contributed by atoms with Gasteiger partial charge in [-0.25, -0.2) is 0 Å². The summed E-state index contributed by atoms with van der Waals surface area (Å²) in [6, 6.07) is 6.87. The molecule has 0 amide bonds. The van der Waals surface area contributed by atoms with Gasteiger partial charge in [-0.15, -0.1) is 0 Å². The number of hydrogen-bond acceptors (Lipinski definition) is 1. The normalized spacial score (nSPS) is 9.50. The van der Waals surface area contributed by atoms with Gasteiger partial charge >= 0.3 is 0 Å². The molecule has 0 aliphatic carbocycles. The van der Waals surface area contributed by atoms with E-state index in [1.807, 2.05) is 26.0 Å². The highest BCUT2D eigenvalue weighted by molar-refractivity contribution is 5.38. The second kappa shape index (κ2) is 2.74. The lowest BCUT2D eigenvalue weighted by atomic mass is 10.1. The monoisotopic (exact) mass is 135 g/mol. The molecule has 0 aromatic heterocycles. The summed E-state index contributed by atoms with van der Waals surface area (Å²) in [4.78, 5) is 0. The standard InChI is InChI=1S/C9H11O/c1-7-5-4-6-8(2)9(7)10-3/h5-6H,1-3H3. The van der Waals surface area contributed by atoms with Gasteiger partial charge in [0.05, 0.1) is 7.11 Å². The van der Waals surface area contributed by atoms with Gasteiger partial charge in [0.25, 0.3) is 0 Å². The summed E-state index contributed by atoms with van der Waals surface area (Å²) in [6.45, 7) is 4.03. The van der Waals surface area contributed by atoms with Crippen molar-refractivity contribution in [2.45, 2.75) is 13.8 Å². The fraction of sp³-hybridized carbons (Fsp3) is 0.333. The summed E-state index contributed by atoms with van der Waals surface area (Å²) in [5, 5.41) is 0. The van der Waals surface area contributed by atoms with E-state index >= 15 is 0 Å². The molecule has 1 heteroatoms. The molecule has 10 heavy (non-hydrogen) atoms. The molecule has 0 spiro atoms. The maximum absolute atomic E-state index is 5.16. The third kappa shape index (κ3) is 1.13.